The van der Waals surface area contributed by atoms with Gasteiger partial charge in [0.15, 0.2) is 0 Å². The number of primary amides is 1. The van der Waals surface area contributed by atoms with Gasteiger partial charge in [-0.1, -0.05) is 17.3 Å². The van der Waals surface area contributed by atoms with E-state index in [0.717, 1.165) is 24.1 Å². The number of hydrogen-bond donors (Lipinski definition) is 2. The van der Waals surface area contributed by atoms with Crippen LogP contribution in [0.5, 0.6) is 0 Å². The highest BCUT2D eigenvalue weighted by Crippen LogP contribution is 2.34. The van der Waals surface area contributed by atoms with Crippen molar-refractivity contribution in [3.8, 4) is 0 Å². The Kier molecular flexibility index (Phi) is 4.52. The van der Waals surface area contributed by atoms with Gasteiger partial charge in [-0.25, -0.2) is 14.2 Å². The van der Waals surface area contributed by atoms with E-state index < -0.39 is 6.03 Å². The van der Waals surface area contributed by atoms with Crippen molar-refractivity contribution in [3.63, 3.8) is 0 Å². The van der Waals surface area contributed by atoms with Gasteiger partial charge >= 0.3 is 6.03 Å². The van der Waals surface area contributed by atoms with Gasteiger partial charge in [-0.05, 0) is 36.5 Å². The summed E-state index contributed by atoms with van der Waals surface area (Å²) in [5.74, 6) is 0.103. The summed E-state index contributed by atoms with van der Waals surface area (Å²) < 4.78 is 12.8. The van der Waals surface area contributed by atoms with Gasteiger partial charge in [0, 0.05) is 0 Å². The molecule has 0 atom stereocenters. The molecule has 108 valence electrons. The van der Waals surface area contributed by atoms with Crippen LogP contribution in [0.2, 0.25) is 0 Å². The highest BCUT2D eigenvalue weighted by atomic mass is 19.1. The lowest BCUT2D eigenvalue weighted by atomic mass is 9.78. The molecular formula is C13H16FN3O3. The number of nitrogens with zero attached hydrogens (tertiary/aromatic N) is 2. The van der Waals surface area contributed by atoms with Crippen molar-refractivity contribution >= 4 is 11.7 Å². The number of amides is 2. The maximum absolute atomic E-state index is 12.8. The Balaban J connectivity index is 1.69. The molecule has 0 radical (unpaired) electrons. The number of hydroxylamine groups is 2. The number of halogens is 1. The van der Waals surface area contributed by atoms with Crippen LogP contribution < -0.4 is 5.73 Å². The number of rotatable bonds is 5. The Morgan fingerprint density at radius 3 is 2.70 bits per heavy atom. The molecule has 0 spiro atoms. The number of carbonyl (C=O) groups is 1. The predicted octanol–water partition coefficient (Wildman–Crippen LogP) is 1.85. The minimum Gasteiger partial charge on any atom is -0.394 e. The molecule has 1 aliphatic carbocycles. The number of benzene rings is 1. The van der Waals surface area contributed by atoms with Crippen molar-refractivity contribution in [3.05, 3.63) is 35.6 Å². The monoisotopic (exact) mass is 281 g/mol. The summed E-state index contributed by atoms with van der Waals surface area (Å²) in [6.45, 7) is 0.0393. The molecule has 1 aromatic rings. The van der Waals surface area contributed by atoms with E-state index in [1.165, 1.54) is 12.1 Å². The van der Waals surface area contributed by atoms with Crippen LogP contribution in [0.1, 0.15) is 24.3 Å². The summed E-state index contributed by atoms with van der Waals surface area (Å²) in [7, 11) is 0. The fourth-order valence-corrected chi connectivity index (χ4v) is 1.93. The predicted molar refractivity (Wildman–Crippen MR) is 69.8 cm³/mol. The highest BCUT2D eigenvalue weighted by molar-refractivity contribution is 5.91. The molecule has 2 rings (SSSR count). The number of nitrogens with two attached hydrogens (primary N) is 1. The SMILES string of the molecule is NC(=O)N(O)CCON=C1CC(c2ccc(F)cc2)C1. The first-order valence-corrected chi connectivity index (χ1v) is 6.25. The quantitative estimate of drug-likeness (QED) is 0.490. The van der Waals surface area contributed by atoms with E-state index in [9.17, 15) is 9.18 Å². The highest BCUT2D eigenvalue weighted by Gasteiger charge is 2.26. The van der Waals surface area contributed by atoms with Crippen LogP contribution >= 0.6 is 0 Å². The first kappa shape index (κ1) is 14.3. The molecule has 1 saturated carbocycles. The largest absolute Gasteiger partial charge is 0.394 e. The summed E-state index contributed by atoms with van der Waals surface area (Å²) in [5.41, 5.74) is 6.82. The Morgan fingerprint density at radius 2 is 2.10 bits per heavy atom. The van der Waals surface area contributed by atoms with Gasteiger partial charge in [-0.2, -0.15) is 0 Å². The molecule has 0 bridgehead atoms. The van der Waals surface area contributed by atoms with Gasteiger partial charge in [0.05, 0.1) is 12.3 Å². The summed E-state index contributed by atoms with van der Waals surface area (Å²) in [4.78, 5) is 15.5. The van der Waals surface area contributed by atoms with Crippen LogP contribution in [0.25, 0.3) is 0 Å². The molecule has 2 amide bonds. The summed E-state index contributed by atoms with van der Waals surface area (Å²) in [6, 6.07) is 5.50. The van der Waals surface area contributed by atoms with E-state index >= 15 is 0 Å². The van der Waals surface area contributed by atoms with Gasteiger partial charge in [-0.15, -0.1) is 0 Å². The Bertz CT molecular complexity index is 496. The second-order valence-electron chi connectivity index (χ2n) is 4.61. The van der Waals surface area contributed by atoms with E-state index in [1.807, 2.05) is 0 Å². The van der Waals surface area contributed by atoms with Crippen LogP contribution in [0.4, 0.5) is 9.18 Å². The molecule has 3 N–H and O–H groups in total. The second-order valence-corrected chi connectivity index (χ2v) is 4.61. The van der Waals surface area contributed by atoms with Gasteiger partial charge in [0.25, 0.3) is 0 Å². The van der Waals surface area contributed by atoms with Crippen molar-refractivity contribution in [1.29, 1.82) is 0 Å². The third kappa shape index (κ3) is 3.67. The van der Waals surface area contributed by atoms with Gasteiger partial charge in [0.1, 0.15) is 12.4 Å². The van der Waals surface area contributed by atoms with Crippen LogP contribution in [0.15, 0.2) is 29.4 Å². The molecule has 6 nitrogen and oxygen atoms in total. The van der Waals surface area contributed by atoms with E-state index in [2.05, 4.69) is 5.16 Å². The lowest BCUT2D eigenvalue weighted by molar-refractivity contribution is -0.0562. The van der Waals surface area contributed by atoms with Crippen molar-refractivity contribution in [2.24, 2.45) is 10.9 Å². The number of hydrogen-bond acceptors (Lipinski definition) is 4. The average Bonchev–Trinajstić information content (AvgIpc) is 2.37. The lowest BCUT2D eigenvalue weighted by Gasteiger charge is -2.27. The van der Waals surface area contributed by atoms with E-state index in [-0.39, 0.29) is 19.0 Å². The van der Waals surface area contributed by atoms with Crippen LogP contribution in [0.3, 0.4) is 0 Å². The minimum atomic E-state index is -0.929. The molecule has 1 aliphatic rings. The summed E-state index contributed by atoms with van der Waals surface area (Å²) >= 11 is 0. The zero-order valence-corrected chi connectivity index (χ0v) is 10.8. The zero-order chi connectivity index (χ0) is 14.5. The van der Waals surface area contributed by atoms with E-state index in [0.29, 0.717) is 11.0 Å². The molecule has 0 aromatic heterocycles. The van der Waals surface area contributed by atoms with Crippen molar-refractivity contribution in [1.82, 2.24) is 5.06 Å². The standard InChI is InChI=1S/C13H16FN3O3/c14-11-3-1-9(2-4-11)10-7-12(8-10)16-20-6-5-17(19)13(15)18/h1-4,10,19H,5-8H2,(H2,15,18). The first-order valence-electron chi connectivity index (χ1n) is 6.25. The lowest BCUT2D eigenvalue weighted by Crippen LogP contribution is -2.35. The fourth-order valence-electron chi connectivity index (χ4n) is 1.93. The summed E-state index contributed by atoms with van der Waals surface area (Å²) in [5, 5.41) is 13.2. The van der Waals surface area contributed by atoms with Crippen LogP contribution in [-0.4, -0.2) is 35.2 Å². The minimum absolute atomic E-state index is 0.0342. The van der Waals surface area contributed by atoms with Crippen molar-refractivity contribution in [2.45, 2.75) is 18.8 Å². The molecule has 0 heterocycles. The Labute approximate surface area is 115 Å². The normalized spacial score (nSPS) is 17.3. The van der Waals surface area contributed by atoms with Gasteiger partial charge in [0.2, 0.25) is 0 Å². The summed E-state index contributed by atoms with van der Waals surface area (Å²) in [6.07, 6.45) is 1.54. The number of urea groups is 1. The smallest absolute Gasteiger partial charge is 0.338 e. The third-order valence-electron chi connectivity index (χ3n) is 3.15. The molecule has 1 aromatic carbocycles. The van der Waals surface area contributed by atoms with Crippen molar-refractivity contribution < 1.29 is 19.2 Å². The maximum atomic E-state index is 12.8. The topological polar surface area (TPSA) is 88.2 Å². The van der Waals surface area contributed by atoms with Crippen molar-refractivity contribution in [2.75, 3.05) is 13.2 Å². The second kappa shape index (κ2) is 6.33. The maximum Gasteiger partial charge on any atom is 0.338 e. The molecule has 0 unspecified atom stereocenters. The number of oxime groups is 1. The zero-order valence-electron chi connectivity index (χ0n) is 10.8. The molecule has 20 heavy (non-hydrogen) atoms. The first-order chi connectivity index (χ1) is 9.56. The Hall–Kier alpha value is -2.15. The molecule has 1 fully saturated rings. The molecule has 7 heteroatoms. The average molecular weight is 281 g/mol. The van der Waals surface area contributed by atoms with E-state index in [4.69, 9.17) is 15.8 Å². The molecule has 0 saturated heterocycles. The third-order valence-corrected chi connectivity index (χ3v) is 3.15. The fraction of sp³-hybridized carbons (Fsp3) is 0.385. The van der Waals surface area contributed by atoms with E-state index in [1.54, 1.807) is 12.1 Å². The van der Waals surface area contributed by atoms with Gasteiger partial charge < -0.3 is 10.6 Å². The molecular weight excluding hydrogens is 265 g/mol. The van der Waals surface area contributed by atoms with Crippen LogP contribution in [-0.2, 0) is 4.84 Å². The van der Waals surface area contributed by atoms with Crippen LogP contribution in [0, 0.1) is 5.82 Å². The van der Waals surface area contributed by atoms with Gasteiger partial charge in [-0.3, -0.25) is 5.21 Å². The Morgan fingerprint density at radius 1 is 1.45 bits per heavy atom. The molecule has 0 aliphatic heterocycles. The number of carbonyl (C=O) groups excluding carboxylic acids is 1.